The van der Waals surface area contributed by atoms with E-state index in [0.29, 0.717) is 6.04 Å². The number of hydrogen-bond acceptors (Lipinski definition) is 3. The van der Waals surface area contributed by atoms with Gasteiger partial charge in [0.25, 0.3) is 0 Å². The van der Waals surface area contributed by atoms with E-state index in [1.54, 1.807) is 4.90 Å². The minimum absolute atomic E-state index is 0. The van der Waals surface area contributed by atoms with Crippen molar-refractivity contribution < 1.29 is 9.53 Å². The highest BCUT2D eigenvalue weighted by molar-refractivity contribution is 5.96. The summed E-state index contributed by atoms with van der Waals surface area (Å²) in [7, 11) is 3.27. The molecule has 3 rings (SSSR count). The van der Waals surface area contributed by atoms with Crippen molar-refractivity contribution in [2.45, 2.75) is 18.9 Å². The molecule has 120 valence electrons. The predicted molar refractivity (Wildman–Crippen MR) is 91.2 cm³/mol. The second-order valence-electron chi connectivity index (χ2n) is 5.85. The van der Waals surface area contributed by atoms with E-state index in [4.69, 9.17) is 4.74 Å². The summed E-state index contributed by atoms with van der Waals surface area (Å²) in [6.07, 6.45) is 4.08. The minimum atomic E-state index is -0.232. The summed E-state index contributed by atoms with van der Waals surface area (Å²) in [5.74, 6) is 0. The zero-order chi connectivity index (χ0) is 14.8. The van der Waals surface area contributed by atoms with Gasteiger partial charge in [-0.25, -0.2) is 4.79 Å². The monoisotopic (exact) mass is 322 g/mol. The van der Waals surface area contributed by atoms with Crippen molar-refractivity contribution in [1.82, 2.24) is 9.80 Å². The fraction of sp³-hybridized carbons (Fsp3) is 0.471. The molecule has 0 spiro atoms. The number of rotatable bonds is 3. The van der Waals surface area contributed by atoms with Gasteiger partial charge in [0, 0.05) is 32.7 Å². The largest absolute Gasteiger partial charge is 0.453 e. The summed E-state index contributed by atoms with van der Waals surface area (Å²) in [6, 6.07) is 8.85. The number of benzene rings is 1. The molecule has 0 N–H and O–H groups in total. The number of carbonyl (C=O) groups is 1. The van der Waals surface area contributed by atoms with Crippen molar-refractivity contribution in [3.63, 3.8) is 0 Å². The first-order valence-corrected chi connectivity index (χ1v) is 7.52. The molecule has 0 atom stereocenters. The predicted octanol–water partition coefficient (Wildman–Crippen LogP) is 3.13. The molecule has 0 radical (unpaired) electrons. The number of likely N-dealkylation sites (tertiary alicyclic amines) is 1. The van der Waals surface area contributed by atoms with E-state index in [9.17, 15) is 4.79 Å². The molecule has 1 aromatic carbocycles. The molecule has 2 aliphatic rings. The van der Waals surface area contributed by atoms with E-state index in [0.717, 1.165) is 32.5 Å². The Hall–Kier alpha value is -1.52. The molecule has 1 saturated heterocycles. The molecule has 1 heterocycles. The van der Waals surface area contributed by atoms with Crippen LogP contribution in [0.15, 0.2) is 24.3 Å². The van der Waals surface area contributed by atoms with Crippen LogP contribution in [0.1, 0.15) is 24.0 Å². The maximum atomic E-state index is 11.5. The third-order valence-electron chi connectivity index (χ3n) is 4.60. The summed E-state index contributed by atoms with van der Waals surface area (Å²) in [4.78, 5) is 15.8. The lowest BCUT2D eigenvalue weighted by atomic mass is 9.88. The Morgan fingerprint density at radius 3 is 2.64 bits per heavy atom. The SMILES string of the molecule is COC(=O)N(C)C1CCN(CC2=Cc3ccccc32)CC1.Cl. The second-order valence-corrected chi connectivity index (χ2v) is 5.85. The molecule has 5 heteroatoms. The number of nitrogens with zero attached hydrogens (tertiary/aromatic N) is 2. The van der Waals surface area contributed by atoms with E-state index in [1.165, 1.54) is 23.8 Å². The zero-order valence-electron chi connectivity index (χ0n) is 13.1. The van der Waals surface area contributed by atoms with E-state index < -0.39 is 0 Å². The number of hydrogen-bond donors (Lipinski definition) is 0. The second kappa shape index (κ2) is 7.16. The van der Waals surface area contributed by atoms with Gasteiger partial charge in [-0.05, 0) is 35.6 Å². The van der Waals surface area contributed by atoms with Crippen molar-refractivity contribution in [2.75, 3.05) is 33.8 Å². The number of fused-ring (bicyclic) bond motifs is 1. The van der Waals surface area contributed by atoms with E-state index in [2.05, 4.69) is 35.2 Å². The fourth-order valence-corrected chi connectivity index (χ4v) is 3.23. The highest BCUT2D eigenvalue weighted by atomic mass is 35.5. The zero-order valence-corrected chi connectivity index (χ0v) is 13.9. The lowest BCUT2D eigenvalue weighted by molar-refractivity contribution is 0.0943. The molecule has 0 aromatic heterocycles. The smallest absolute Gasteiger partial charge is 0.409 e. The van der Waals surface area contributed by atoms with Crippen LogP contribution in [0.5, 0.6) is 0 Å². The highest BCUT2D eigenvalue weighted by Gasteiger charge is 2.27. The van der Waals surface area contributed by atoms with Crippen molar-refractivity contribution in [3.05, 3.63) is 35.4 Å². The van der Waals surface area contributed by atoms with Crippen molar-refractivity contribution in [1.29, 1.82) is 0 Å². The van der Waals surface area contributed by atoms with Gasteiger partial charge in [0.05, 0.1) is 7.11 Å². The van der Waals surface area contributed by atoms with Gasteiger partial charge >= 0.3 is 6.09 Å². The molecular weight excluding hydrogens is 300 g/mol. The quantitative estimate of drug-likeness (QED) is 0.857. The molecular formula is C17H23ClN2O2. The number of methoxy groups -OCH3 is 1. The van der Waals surface area contributed by atoms with Gasteiger partial charge in [0.1, 0.15) is 0 Å². The molecule has 0 bridgehead atoms. The normalized spacial score (nSPS) is 17.6. The lowest BCUT2D eigenvalue weighted by Gasteiger charge is -2.37. The van der Waals surface area contributed by atoms with Gasteiger partial charge in [-0.3, -0.25) is 4.90 Å². The van der Waals surface area contributed by atoms with Crippen LogP contribution in [0.2, 0.25) is 0 Å². The molecule has 1 fully saturated rings. The van der Waals surface area contributed by atoms with Crippen LogP contribution in [0, 0.1) is 0 Å². The van der Waals surface area contributed by atoms with Crippen LogP contribution in [-0.2, 0) is 4.74 Å². The van der Waals surface area contributed by atoms with E-state index in [1.807, 2.05) is 7.05 Å². The number of piperidine rings is 1. The Labute approximate surface area is 138 Å². The Morgan fingerprint density at radius 1 is 1.32 bits per heavy atom. The van der Waals surface area contributed by atoms with Crippen LogP contribution in [0.4, 0.5) is 4.79 Å². The van der Waals surface area contributed by atoms with Crippen molar-refractivity contribution in [3.8, 4) is 0 Å². The lowest BCUT2D eigenvalue weighted by Crippen LogP contribution is -2.46. The van der Waals surface area contributed by atoms with Gasteiger partial charge in [0.15, 0.2) is 0 Å². The minimum Gasteiger partial charge on any atom is -0.453 e. The van der Waals surface area contributed by atoms with Crippen molar-refractivity contribution in [2.24, 2.45) is 0 Å². The number of amides is 1. The Bertz CT molecular complexity index is 566. The first-order chi connectivity index (χ1) is 10.2. The van der Waals surface area contributed by atoms with Gasteiger partial charge < -0.3 is 9.64 Å². The van der Waals surface area contributed by atoms with Crippen LogP contribution in [0.3, 0.4) is 0 Å². The Balaban J connectivity index is 0.00000176. The van der Waals surface area contributed by atoms with Gasteiger partial charge in [0.2, 0.25) is 0 Å². The van der Waals surface area contributed by atoms with Crippen LogP contribution < -0.4 is 0 Å². The third-order valence-corrected chi connectivity index (χ3v) is 4.60. The van der Waals surface area contributed by atoms with Gasteiger partial charge in [-0.1, -0.05) is 24.3 Å². The van der Waals surface area contributed by atoms with Crippen molar-refractivity contribution >= 4 is 30.1 Å². The van der Waals surface area contributed by atoms with Crippen LogP contribution in [-0.4, -0.2) is 55.7 Å². The van der Waals surface area contributed by atoms with E-state index in [-0.39, 0.29) is 18.5 Å². The maximum Gasteiger partial charge on any atom is 0.409 e. The molecule has 1 amide bonds. The first kappa shape index (κ1) is 16.8. The summed E-state index contributed by atoms with van der Waals surface area (Å²) in [5, 5.41) is 0. The Morgan fingerprint density at radius 2 is 2.00 bits per heavy atom. The summed E-state index contributed by atoms with van der Waals surface area (Å²) in [6.45, 7) is 3.09. The molecule has 0 saturated carbocycles. The third kappa shape index (κ3) is 3.28. The average molecular weight is 323 g/mol. The molecule has 1 aliphatic carbocycles. The standard InChI is InChI=1S/C17H22N2O2.ClH/c1-18(17(20)21-2)15-7-9-19(10-8-15)12-14-11-13-5-3-4-6-16(13)14;/h3-6,11,15H,7-10,12H2,1-2H3;1H. The summed E-state index contributed by atoms with van der Waals surface area (Å²) >= 11 is 0. The molecule has 0 unspecified atom stereocenters. The number of halogens is 1. The Kier molecular flexibility index (Phi) is 5.48. The van der Waals surface area contributed by atoms with Gasteiger partial charge in [-0.2, -0.15) is 0 Å². The summed E-state index contributed by atoms with van der Waals surface area (Å²) in [5.41, 5.74) is 4.18. The van der Waals surface area contributed by atoms with Crippen LogP contribution in [0.25, 0.3) is 11.6 Å². The fourth-order valence-electron chi connectivity index (χ4n) is 3.23. The molecule has 1 aromatic rings. The molecule has 22 heavy (non-hydrogen) atoms. The summed E-state index contributed by atoms with van der Waals surface area (Å²) < 4.78 is 4.79. The maximum absolute atomic E-state index is 11.5. The highest BCUT2D eigenvalue weighted by Crippen LogP contribution is 2.33. The van der Waals surface area contributed by atoms with Crippen LogP contribution >= 0.6 is 12.4 Å². The molecule has 1 aliphatic heterocycles. The number of carbonyl (C=O) groups excluding carboxylic acids is 1. The topological polar surface area (TPSA) is 32.8 Å². The molecule has 4 nitrogen and oxygen atoms in total. The number of ether oxygens (including phenoxy) is 1. The van der Waals surface area contributed by atoms with E-state index >= 15 is 0 Å². The average Bonchev–Trinajstić information content (AvgIpc) is 2.52. The van der Waals surface area contributed by atoms with Gasteiger partial charge in [-0.15, -0.1) is 12.4 Å². The first-order valence-electron chi connectivity index (χ1n) is 7.52.